The minimum Gasteiger partial charge on any atom is -0.350 e. The van der Waals surface area contributed by atoms with Crippen molar-refractivity contribution in [3.05, 3.63) is 62.5 Å². The summed E-state index contributed by atoms with van der Waals surface area (Å²) < 4.78 is 15.0. The number of carbonyl (C=O) groups is 1. The average molecular weight is 324 g/mol. The zero-order valence-electron chi connectivity index (χ0n) is 12.2. The number of benzene rings is 1. The number of nitrogens with one attached hydrogen (secondary N) is 1. The molecule has 1 aromatic carbocycles. The van der Waals surface area contributed by atoms with E-state index in [1.165, 1.54) is 29.1 Å². The fourth-order valence-corrected chi connectivity index (χ4v) is 2.18. The van der Waals surface area contributed by atoms with Crippen LogP contribution in [-0.2, 0) is 6.54 Å². The number of nitrogens with zero attached hydrogens (tertiary/aromatic N) is 2. The first kappa shape index (κ1) is 16.2. The SMILES string of the molecule is Cc1ncn(CCNC(=O)c2c(F)cccc2Cl)c(=O)c1C. The highest BCUT2D eigenvalue weighted by molar-refractivity contribution is 6.33. The molecule has 5 nitrogen and oxygen atoms in total. The molecule has 0 aliphatic rings. The zero-order chi connectivity index (χ0) is 16.3. The molecular weight excluding hydrogens is 309 g/mol. The Kier molecular flexibility index (Phi) is 4.92. The summed E-state index contributed by atoms with van der Waals surface area (Å²) in [5.41, 5.74) is 0.870. The molecule has 0 saturated heterocycles. The predicted molar refractivity (Wildman–Crippen MR) is 81.7 cm³/mol. The van der Waals surface area contributed by atoms with Gasteiger partial charge >= 0.3 is 0 Å². The van der Waals surface area contributed by atoms with E-state index in [-0.39, 0.29) is 29.2 Å². The maximum atomic E-state index is 13.6. The molecule has 0 saturated carbocycles. The van der Waals surface area contributed by atoms with Crippen LogP contribution in [0.2, 0.25) is 5.02 Å². The van der Waals surface area contributed by atoms with E-state index in [1.54, 1.807) is 13.8 Å². The number of hydrogen-bond acceptors (Lipinski definition) is 3. The summed E-state index contributed by atoms with van der Waals surface area (Å²) in [5, 5.41) is 2.58. The van der Waals surface area contributed by atoms with Crippen LogP contribution in [0, 0.1) is 19.7 Å². The van der Waals surface area contributed by atoms with Gasteiger partial charge < -0.3 is 5.32 Å². The smallest absolute Gasteiger partial charge is 0.256 e. The summed E-state index contributed by atoms with van der Waals surface area (Å²) in [6.07, 6.45) is 1.42. The average Bonchev–Trinajstić information content (AvgIpc) is 2.47. The van der Waals surface area contributed by atoms with Gasteiger partial charge in [0.2, 0.25) is 0 Å². The van der Waals surface area contributed by atoms with E-state index < -0.39 is 11.7 Å². The van der Waals surface area contributed by atoms with Crippen LogP contribution in [0.5, 0.6) is 0 Å². The Hall–Kier alpha value is -2.21. The largest absolute Gasteiger partial charge is 0.350 e. The fraction of sp³-hybridized carbons (Fsp3) is 0.267. The number of carbonyl (C=O) groups excluding carboxylic acids is 1. The number of amides is 1. The molecule has 1 aromatic heterocycles. The van der Waals surface area contributed by atoms with Gasteiger partial charge in [-0.1, -0.05) is 17.7 Å². The second-order valence-corrected chi connectivity index (χ2v) is 5.21. The maximum Gasteiger partial charge on any atom is 0.256 e. The van der Waals surface area contributed by atoms with Crippen LogP contribution in [0.25, 0.3) is 0 Å². The van der Waals surface area contributed by atoms with Crippen LogP contribution in [0.3, 0.4) is 0 Å². The third kappa shape index (κ3) is 3.33. The van der Waals surface area contributed by atoms with Gasteiger partial charge in [-0.25, -0.2) is 9.37 Å². The number of aromatic nitrogens is 2. The summed E-state index contributed by atoms with van der Waals surface area (Å²) in [4.78, 5) is 28.0. The van der Waals surface area contributed by atoms with Crippen LogP contribution in [-0.4, -0.2) is 22.0 Å². The monoisotopic (exact) mass is 323 g/mol. The third-order valence-corrected chi connectivity index (χ3v) is 3.66. The van der Waals surface area contributed by atoms with Crippen molar-refractivity contribution in [2.24, 2.45) is 0 Å². The molecule has 1 heterocycles. The molecule has 0 aliphatic heterocycles. The highest BCUT2D eigenvalue weighted by Crippen LogP contribution is 2.18. The highest BCUT2D eigenvalue weighted by atomic mass is 35.5. The first-order valence-electron chi connectivity index (χ1n) is 6.66. The summed E-state index contributed by atoms with van der Waals surface area (Å²) in [6.45, 7) is 3.85. The molecule has 0 spiro atoms. The van der Waals surface area contributed by atoms with Gasteiger partial charge in [-0.15, -0.1) is 0 Å². The summed E-state index contributed by atoms with van der Waals surface area (Å²) in [7, 11) is 0. The second-order valence-electron chi connectivity index (χ2n) is 4.81. The molecular formula is C15H15ClFN3O2. The standard InChI is InChI=1S/C15H15ClFN3O2/c1-9-10(2)19-8-20(15(9)22)7-6-18-14(21)13-11(16)4-3-5-12(13)17/h3-5,8H,6-7H2,1-2H3,(H,18,21). The van der Waals surface area contributed by atoms with E-state index in [0.29, 0.717) is 11.3 Å². The Morgan fingerprint density at radius 3 is 2.82 bits per heavy atom. The first-order valence-corrected chi connectivity index (χ1v) is 7.04. The lowest BCUT2D eigenvalue weighted by atomic mass is 10.2. The molecule has 2 aromatic rings. The van der Waals surface area contributed by atoms with Crippen molar-refractivity contribution in [2.75, 3.05) is 6.54 Å². The van der Waals surface area contributed by atoms with Gasteiger partial charge in [0.15, 0.2) is 0 Å². The lowest BCUT2D eigenvalue weighted by molar-refractivity contribution is 0.0948. The van der Waals surface area contributed by atoms with E-state index in [4.69, 9.17) is 11.6 Å². The third-order valence-electron chi connectivity index (χ3n) is 3.34. The number of aryl methyl sites for hydroxylation is 1. The Labute approximate surface area is 131 Å². The van der Waals surface area contributed by atoms with Gasteiger partial charge in [-0.3, -0.25) is 14.2 Å². The van der Waals surface area contributed by atoms with E-state index in [2.05, 4.69) is 10.3 Å². The van der Waals surface area contributed by atoms with Gasteiger partial charge in [0.05, 0.1) is 16.9 Å². The first-order chi connectivity index (χ1) is 10.4. The molecule has 1 amide bonds. The van der Waals surface area contributed by atoms with Crippen molar-refractivity contribution < 1.29 is 9.18 Å². The molecule has 22 heavy (non-hydrogen) atoms. The van der Waals surface area contributed by atoms with Gasteiger partial charge in [-0.2, -0.15) is 0 Å². The van der Waals surface area contributed by atoms with Gasteiger partial charge in [0.25, 0.3) is 11.5 Å². The van der Waals surface area contributed by atoms with E-state index in [0.717, 1.165) is 0 Å². The Bertz CT molecular complexity index is 754. The van der Waals surface area contributed by atoms with E-state index in [9.17, 15) is 14.0 Å². The summed E-state index contributed by atoms with van der Waals surface area (Å²) in [5.74, 6) is -1.30. The topological polar surface area (TPSA) is 64.0 Å². The van der Waals surface area contributed by atoms with Crippen LogP contribution < -0.4 is 10.9 Å². The molecule has 0 radical (unpaired) electrons. The number of hydrogen-bond donors (Lipinski definition) is 1. The van der Waals surface area contributed by atoms with Crippen LogP contribution in [0.15, 0.2) is 29.3 Å². The Balaban J connectivity index is 2.04. The quantitative estimate of drug-likeness (QED) is 0.937. The second kappa shape index (κ2) is 6.70. The zero-order valence-corrected chi connectivity index (χ0v) is 12.9. The van der Waals surface area contributed by atoms with Crippen molar-refractivity contribution in [1.82, 2.24) is 14.9 Å². The van der Waals surface area contributed by atoms with Crippen molar-refractivity contribution in [3.8, 4) is 0 Å². The maximum absolute atomic E-state index is 13.6. The van der Waals surface area contributed by atoms with E-state index in [1.807, 2.05) is 0 Å². The molecule has 0 unspecified atom stereocenters. The van der Waals surface area contributed by atoms with Crippen LogP contribution >= 0.6 is 11.6 Å². The van der Waals surface area contributed by atoms with Crippen molar-refractivity contribution >= 4 is 17.5 Å². The fourth-order valence-electron chi connectivity index (χ4n) is 1.93. The predicted octanol–water partition coefficient (Wildman–Crippen LogP) is 2.08. The molecule has 116 valence electrons. The normalized spacial score (nSPS) is 10.5. The van der Waals surface area contributed by atoms with Crippen molar-refractivity contribution in [1.29, 1.82) is 0 Å². The molecule has 0 aliphatic carbocycles. The van der Waals surface area contributed by atoms with Crippen LogP contribution in [0.1, 0.15) is 21.6 Å². The molecule has 1 N–H and O–H groups in total. The highest BCUT2D eigenvalue weighted by Gasteiger charge is 2.15. The van der Waals surface area contributed by atoms with Gasteiger partial charge in [0, 0.05) is 24.3 Å². The molecule has 0 atom stereocenters. The minimum absolute atomic E-state index is 0.0440. The van der Waals surface area contributed by atoms with Crippen molar-refractivity contribution in [3.63, 3.8) is 0 Å². The minimum atomic E-state index is -0.685. The van der Waals surface area contributed by atoms with Gasteiger partial charge in [-0.05, 0) is 26.0 Å². The number of halogens is 2. The molecule has 2 rings (SSSR count). The molecule has 0 bridgehead atoms. The van der Waals surface area contributed by atoms with Crippen molar-refractivity contribution in [2.45, 2.75) is 20.4 Å². The van der Waals surface area contributed by atoms with E-state index >= 15 is 0 Å². The Morgan fingerprint density at radius 2 is 2.14 bits per heavy atom. The Morgan fingerprint density at radius 1 is 1.41 bits per heavy atom. The number of rotatable bonds is 4. The lowest BCUT2D eigenvalue weighted by Crippen LogP contribution is -2.32. The molecule has 7 heteroatoms. The van der Waals surface area contributed by atoms with Crippen LogP contribution in [0.4, 0.5) is 4.39 Å². The molecule has 0 fully saturated rings. The summed E-state index contributed by atoms with van der Waals surface area (Å²) >= 11 is 5.82. The van der Waals surface area contributed by atoms with Gasteiger partial charge in [0.1, 0.15) is 5.82 Å². The summed E-state index contributed by atoms with van der Waals surface area (Å²) in [6, 6.07) is 4.03. The lowest BCUT2D eigenvalue weighted by Gasteiger charge is -2.10.